The molecule has 0 fully saturated rings. The average Bonchev–Trinajstić information content (AvgIpc) is 2.38. The highest BCUT2D eigenvalue weighted by molar-refractivity contribution is 5.75. The van der Waals surface area contributed by atoms with E-state index in [2.05, 4.69) is 5.32 Å². The summed E-state index contributed by atoms with van der Waals surface area (Å²) in [6, 6.07) is 9.16. The summed E-state index contributed by atoms with van der Waals surface area (Å²) >= 11 is 0. The molecule has 0 aliphatic heterocycles. The Morgan fingerprint density at radius 2 is 1.84 bits per heavy atom. The van der Waals surface area contributed by atoms with Crippen LogP contribution in [0.2, 0.25) is 0 Å². The van der Waals surface area contributed by atoms with Crippen molar-refractivity contribution in [3.05, 3.63) is 35.9 Å². The zero-order chi connectivity index (χ0) is 14.1. The Hall–Kier alpha value is -1.88. The summed E-state index contributed by atoms with van der Waals surface area (Å²) in [5.41, 5.74) is 1.21. The van der Waals surface area contributed by atoms with Crippen molar-refractivity contribution >= 4 is 11.9 Å². The van der Waals surface area contributed by atoms with E-state index < -0.39 is 18.0 Å². The van der Waals surface area contributed by atoms with Gasteiger partial charge in [-0.3, -0.25) is 9.59 Å². The molecular formula is C14H19NO4. The Morgan fingerprint density at radius 1 is 1.16 bits per heavy atom. The first-order valence-electron chi connectivity index (χ1n) is 6.31. The molecule has 0 heterocycles. The number of carboxylic acid groups (broad SMARTS) is 2. The van der Waals surface area contributed by atoms with Gasteiger partial charge < -0.3 is 15.5 Å². The van der Waals surface area contributed by atoms with E-state index in [0.717, 1.165) is 12.8 Å². The molecule has 104 valence electrons. The number of aryl methyl sites for hydroxylation is 1. The third-order valence-corrected chi connectivity index (χ3v) is 2.82. The molecule has 0 saturated carbocycles. The van der Waals surface area contributed by atoms with Crippen LogP contribution in [-0.2, 0) is 16.0 Å². The number of rotatable bonds is 9. The Morgan fingerprint density at radius 3 is 2.42 bits per heavy atom. The lowest BCUT2D eigenvalue weighted by Crippen LogP contribution is -2.37. The lowest BCUT2D eigenvalue weighted by molar-refractivity contribution is -0.140. The second-order valence-corrected chi connectivity index (χ2v) is 4.37. The molecule has 5 heteroatoms. The fourth-order valence-corrected chi connectivity index (χ4v) is 1.79. The second kappa shape index (κ2) is 8.26. The van der Waals surface area contributed by atoms with E-state index in [1.807, 2.05) is 30.3 Å². The number of nitrogens with one attached hydrogen (secondary N) is 1. The second-order valence-electron chi connectivity index (χ2n) is 4.37. The highest BCUT2D eigenvalue weighted by Crippen LogP contribution is 2.03. The summed E-state index contributed by atoms with van der Waals surface area (Å²) in [5.74, 6) is -1.97. The maximum Gasteiger partial charge on any atom is 0.320 e. The minimum atomic E-state index is -0.999. The van der Waals surface area contributed by atoms with Crippen LogP contribution in [0.25, 0.3) is 0 Å². The molecule has 0 amide bonds. The van der Waals surface area contributed by atoms with E-state index in [-0.39, 0.29) is 12.8 Å². The van der Waals surface area contributed by atoms with E-state index in [9.17, 15) is 9.59 Å². The molecule has 0 aromatic heterocycles. The first kappa shape index (κ1) is 15.2. The minimum Gasteiger partial charge on any atom is -0.481 e. The van der Waals surface area contributed by atoms with Gasteiger partial charge in [0, 0.05) is 6.42 Å². The zero-order valence-corrected chi connectivity index (χ0v) is 10.7. The number of aliphatic carboxylic acids is 2. The van der Waals surface area contributed by atoms with Gasteiger partial charge >= 0.3 is 11.9 Å². The first-order chi connectivity index (χ1) is 9.09. The van der Waals surface area contributed by atoms with Gasteiger partial charge in [-0.15, -0.1) is 0 Å². The van der Waals surface area contributed by atoms with Gasteiger partial charge in [0.2, 0.25) is 0 Å². The Balaban J connectivity index is 2.24. The van der Waals surface area contributed by atoms with Crippen molar-refractivity contribution in [3.63, 3.8) is 0 Å². The van der Waals surface area contributed by atoms with Gasteiger partial charge in [-0.2, -0.15) is 0 Å². The molecule has 0 radical (unpaired) electrons. The highest BCUT2D eigenvalue weighted by atomic mass is 16.4. The van der Waals surface area contributed by atoms with E-state index in [4.69, 9.17) is 10.2 Å². The average molecular weight is 265 g/mol. The topological polar surface area (TPSA) is 86.6 Å². The molecule has 1 aromatic rings. The fraction of sp³-hybridized carbons (Fsp3) is 0.429. The highest BCUT2D eigenvalue weighted by Gasteiger charge is 2.17. The Labute approximate surface area is 112 Å². The fourth-order valence-electron chi connectivity index (χ4n) is 1.79. The lowest BCUT2D eigenvalue weighted by Gasteiger charge is -2.13. The summed E-state index contributed by atoms with van der Waals surface area (Å²) in [4.78, 5) is 21.3. The molecular weight excluding hydrogens is 246 g/mol. The first-order valence-corrected chi connectivity index (χ1v) is 6.31. The summed E-state index contributed by atoms with van der Waals surface area (Å²) in [7, 11) is 0. The van der Waals surface area contributed by atoms with Gasteiger partial charge in [-0.05, 0) is 31.4 Å². The SMILES string of the molecule is O=C(O)CC[C@H](NCCCc1ccccc1)C(=O)O. The standard InChI is InChI=1S/C14H19NO4/c16-13(17)9-8-12(14(18)19)15-10-4-7-11-5-2-1-3-6-11/h1-3,5-6,12,15H,4,7-10H2,(H,16,17)(H,18,19)/t12-/m0/s1. The number of benzene rings is 1. The summed E-state index contributed by atoms with van der Waals surface area (Å²) in [6.07, 6.45) is 1.67. The van der Waals surface area contributed by atoms with Crippen LogP contribution in [0.5, 0.6) is 0 Å². The predicted octanol–water partition coefficient (Wildman–Crippen LogP) is 1.53. The van der Waals surface area contributed by atoms with Crippen molar-refractivity contribution in [2.24, 2.45) is 0 Å². The molecule has 0 aliphatic rings. The van der Waals surface area contributed by atoms with Crippen molar-refractivity contribution in [2.75, 3.05) is 6.54 Å². The molecule has 1 aromatic carbocycles. The van der Waals surface area contributed by atoms with Gasteiger partial charge in [0.1, 0.15) is 6.04 Å². The Kier molecular flexibility index (Phi) is 6.60. The number of carbonyl (C=O) groups is 2. The van der Waals surface area contributed by atoms with Crippen LogP contribution < -0.4 is 5.32 Å². The van der Waals surface area contributed by atoms with Gasteiger partial charge in [0.25, 0.3) is 0 Å². The van der Waals surface area contributed by atoms with Gasteiger partial charge in [0.15, 0.2) is 0 Å². The largest absolute Gasteiger partial charge is 0.481 e. The normalized spacial score (nSPS) is 12.0. The van der Waals surface area contributed by atoms with Crippen LogP contribution in [0.4, 0.5) is 0 Å². The van der Waals surface area contributed by atoms with Crippen LogP contribution in [-0.4, -0.2) is 34.7 Å². The van der Waals surface area contributed by atoms with Crippen LogP contribution in [0.1, 0.15) is 24.8 Å². The molecule has 1 atom stereocenters. The molecule has 0 bridgehead atoms. The van der Waals surface area contributed by atoms with Gasteiger partial charge in [-0.25, -0.2) is 0 Å². The van der Waals surface area contributed by atoms with E-state index in [1.54, 1.807) is 0 Å². The van der Waals surface area contributed by atoms with E-state index in [1.165, 1.54) is 5.56 Å². The predicted molar refractivity (Wildman–Crippen MR) is 71.1 cm³/mol. The van der Waals surface area contributed by atoms with Crippen molar-refractivity contribution in [2.45, 2.75) is 31.7 Å². The zero-order valence-electron chi connectivity index (χ0n) is 10.7. The number of hydrogen-bond acceptors (Lipinski definition) is 3. The van der Waals surface area contributed by atoms with Gasteiger partial charge in [0.05, 0.1) is 0 Å². The van der Waals surface area contributed by atoms with Crippen LogP contribution in [0.15, 0.2) is 30.3 Å². The maximum atomic E-state index is 10.9. The summed E-state index contributed by atoms with van der Waals surface area (Å²) in [5, 5.41) is 20.4. The molecule has 0 saturated heterocycles. The number of hydrogen-bond donors (Lipinski definition) is 3. The monoisotopic (exact) mass is 265 g/mol. The third-order valence-electron chi connectivity index (χ3n) is 2.82. The van der Waals surface area contributed by atoms with E-state index >= 15 is 0 Å². The molecule has 0 unspecified atom stereocenters. The number of carboxylic acids is 2. The van der Waals surface area contributed by atoms with Crippen molar-refractivity contribution < 1.29 is 19.8 Å². The van der Waals surface area contributed by atoms with Crippen molar-refractivity contribution in [1.82, 2.24) is 5.32 Å². The molecule has 1 rings (SSSR count). The van der Waals surface area contributed by atoms with Crippen molar-refractivity contribution in [3.8, 4) is 0 Å². The minimum absolute atomic E-state index is 0.107. The quantitative estimate of drug-likeness (QED) is 0.589. The molecule has 0 aliphatic carbocycles. The van der Waals surface area contributed by atoms with Gasteiger partial charge in [-0.1, -0.05) is 30.3 Å². The molecule has 3 N–H and O–H groups in total. The smallest absolute Gasteiger partial charge is 0.320 e. The van der Waals surface area contributed by atoms with Crippen LogP contribution >= 0.6 is 0 Å². The summed E-state index contributed by atoms with van der Waals surface area (Å²) in [6.45, 7) is 0.561. The summed E-state index contributed by atoms with van der Waals surface area (Å²) < 4.78 is 0. The lowest BCUT2D eigenvalue weighted by atomic mass is 10.1. The third kappa shape index (κ3) is 6.57. The van der Waals surface area contributed by atoms with Crippen LogP contribution in [0, 0.1) is 0 Å². The van der Waals surface area contributed by atoms with Crippen LogP contribution in [0.3, 0.4) is 0 Å². The molecule has 19 heavy (non-hydrogen) atoms. The maximum absolute atomic E-state index is 10.9. The molecule has 5 nitrogen and oxygen atoms in total. The van der Waals surface area contributed by atoms with Crippen molar-refractivity contribution in [1.29, 1.82) is 0 Å². The van der Waals surface area contributed by atoms with E-state index in [0.29, 0.717) is 6.54 Å². The Bertz CT molecular complexity index is 405. The molecule has 0 spiro atoms.